The third-order valence-corrected chi connectivity index (χ3v) is 3.77. The van der Waals surface area contributed by atoms with Crippen LogP contribution in [-0.2, 0) is 10.4 Å². The fraction of sp³-hybridized carbons (Fsp3) is 0.333. The minimum Gasteiger partial charge on any atom is -0.759 e. The van der Waals surface area contributed by atoms with Gasteiger partial charge in [0, 0.05) is 21.0 Å². The van der Waals surface area contributed by atoms with Crippen molar-refractivity contribution in [3.63, 3.8) is 0 Å². The molecule has 0 aliphatic heterocycles. The molecule has 0 aliphatic rings. The number of benzene rings is 1. The Hall–Kier alpha value is 1.79. The van der Waals surface area contributed by atoms with Crippen LogP contribution >= 0.6 is 21.6 Å². The minimum atomic E-state index is -5.17. The van der Waals surface area contributed by atoms with Crippen molar-refractivity contribution in [1.82, 2.24) is 0 Å². The van der Waals surface area contributed by atoms with Gasteiger partial charge in [0.1, 0.15) is 0 Å². The average Bonchev–Trinajstić information content (AvgIpc) is 2.17. The van der Waals surface area contributed by atoms with Crippen molar-refractivity contribution in [2.75, 3.05) is 5.75 Å². The van der Waals surface area contributed by atoms with E-state index in [2.05, 4.69) is 37.3 Å². The molecule has 0 heterocycles. The molecule has 1 rings (SSSR count). The smallest absolute Gasteiger partial charge is 0.759 e. The first kappa shape index (κ1) is 24.8. The summed E-state index contributed by atoms with van der Waals surface area (Å²) in [6.07, 6.45) is 1.25. The molecule has 9 heteroatoms. The van der Waals surface area contributed by atoms with Gasteiger partial charge in [-0.15, -0.1) is 0 Å². The second kappa shape index (κ2) is 15.2. The Morgan fingerprint density at radius 3 is 1.94 bits per heavy atom. The molecule has 1 aromatic carbocycles. The van der Waals surface area contributed by atoms with Crippen molar-refractivity contribution in [1.29, 1.82) is 0 Å². The van der Waals surface area contributed by atoms with Crippen LogP contribution in [0.15, 0.2) is 35.2 Å². The Bertz CT molecular complexity index is 365. The Morgan fingerprint density at radius 2 is 1.56 bits per heavy atom. The van der Waals surface area contributed by atoms with E-state index in [1.165, 1.54) is 17.1 Å². The molecular formula is C9H12Na2O4S3. The van der Waals surface area contributed by atoms with Crippen molar-refractivity contribution < 1.29 is 76.6 Å². The van der Waals surface area contributed by atoms with Gasteiger partial charge in [0.2, 0.25) is 0 Å². The predicted molar refractivity (Wildman–Crippen MR) is 65.5 cm³/mol. The molecule has 1 aromatic rings. The van der Waals surface area contributed by atoms with Crippen molar-refractivity contribution in [3.05, 3.63) is 30.3 Å². The SMILES string of the molecule is CCCSSc1ccccc1.O=S(=O)([O-])[O-].[Na+].[Na+]. The summed E-state index contributed by atoms with van der Waals surface area (Å²) in [5.74, 6) is 1.24. The molecule has 0 fully saturated rings. The van der Waals surface area contributed by atoms with E-state index in [1.54, 1.807) is 0 Å². The van der Waals surface area contributed by atoms with Gasteiger partial charge in [-0.1, -0.05) is 46.7 Å². The molecule has 0 unspecified atom stereocenters. The van der Waals surface area contributed by atoms with Crippen LogP contribution in [0.2, 0.25) is 0 Å². The summed E-state index contributed by atoms with van der Waals surface area (Å²) >= 11 is 0. The summed E-state index contributed by atoms with van der Waals surface area (Å²) in [7, 11) is -1.38. The van der Waals surface area contributed by atoms with E-state index in [4.69, 9.17) is 17.5 Å². The Labute approximate surface area is 161 Å². The van der Waals surface area contributed by atoms with Gasteiger partial charge in [0.15, 0.2) is 0 Å². The van der Waals surface area contributed by atoms with E-state index in [-0.39, 0.29) is 59.1 Å². The monoisotopic (exact) mass is 326 g/mol. The van der Waals surface area contributed by atoms with Gasteiger partial charge in [-0.3, -0.25) is 8.42 Å². The quantitative estimate of drug-likeness (QED) is 0.188. The molecular weight excluding hydrogens is 314 g/mol. The van der Waals surface area contributed by atoms with Crippen LogP contribution in [0.3, 0.4) is 0 Å². The Kier molecular flexibility index (Phi) is 20.9. The topological polar surface area (TPSA) is 80.3 Å². The van der Waals surface area contributed by atoms with Crippen molar-refractivity contribution in [2.45, 2.75) is 18.2 Å². The fourth-order valence-electron chi connectivity index (χ4n) is 0.669. The number of rotatable bonds is 4. The molecule has 0 N–H and O–H groups in total. The van der Waals surface area contributed by atoms with Crippen molar-refractivity contribution in [2.24, 2.45) is 0 Å². The standard InChI is InChI=1S/C9H12S2.2Na.H2O4S/c1-2-8-10-11-9-6-4-3-5-7-9;;;1-5(2,3)4/h3-7H,2,8H2,1H3;;;(H2,1,2,3,4)/q;2*+1;/p-2. The zero-order chi connectivity index (χ0) is 12.4. The van der Waals surface area contributed by atoms with E-state index < -0.39 is 10.4 Å². The van der Waals surface area contributed by atoms with Gasteiger partial charge in [0.05, 0.1) is 0 Å². The maximum absolute atomic E-state index is 8.52. The van der Waals surface area contributed by atoms with E-state index in [9.17, 15) is 0 Å². The first-order chi connectivity index (χ1) is 7.43. The number of hydrogen-bond donors (Lipinski definition) is 0. The third kappa shape index (κ3) is 22.9. The zero-order valence-corrected chi connectivity index (χ0v) is 17.1. The molecule has 0 amide bonds. The molecule has 92 valence electrons. The van der Waals surface area contributed by atoms with Crippen LogP contribution in [0.5, 0.6) is 0 Å². The Morgan fingerprint density at radius 1 is 1.11 bits per heavy atom. The molecule has 0 saturated heterocycles. The molecule has 0 spiro atoms. The van der Waals surface area contributed by atoms with Gasteiger partial charge in [0.25, 0.3) is 0 Å². The summed E-state index contributed by atoms with van der Waals surface area (Å²) in [6, 6.07) is 10.5. The van der Waals surface area contributed by atoms with Crippen LogP contribution in [-0.4, -0.2) is 23.3 Å². The van der Waals surface area contributed by atoms with E-state index in [0.717, 1.165) is 0 Å². The van der Waals surface area contributed by atoms with Crippen LogP contribution < -0.4 is 59.1 Å². The normalized spacial score (nSPS) is 9.28. The third-order valence-electron chi connectivity index (χ3n) is 1.19. The second-order valence-corrected chi connectivity index (χ2v) is 5.93. The molecule has 0 radical (unpaired) electrons. The van der Waals surface area contributed by atoms with Crippen molar-refractivity contribution in [3.8, 4) is 0 Å². The van der Waals surface area contributed by atoms with Gasteiger partial charge >= 0.3 is 59.1 Å². The average molecular weight is 326 g/mol. The van der Waals surface area contributed by atoms with E-state index in [0.29, 0.717) is 0 Å². The van der Waals surface area contributed by atoms with Crippen LogP contribution in [0.4, 0.5) is 0 Å². The molecule has 0 bridgehead atoms. The predicted octanol–water partition coefficient (Wildman–Crippen LogP) is -3.49. The van der Waals surface area contributed by atoms with E-state index in [1.807, 2.05) is 21.6 Å². The summed E-state index contributed by atoms with van der Waals surface area (Å²) in [4.78, 5) is 1.35. The molecule has 4 nitrogen and oxygen atoms in total. The molecule has 0 aromatic heterocycles. The minimum absolute atomic E-state index is 0. The van der Waals surface area contributed by atoms with Gasteiger partial charge in [-0.25, -0.2) is 0 Å². The molecule has 0 saturated carbocycles. The van der Waals surface area contributed by atoms with E-state index >= 15 is 0 Å². The number of hydrogen-bond acceptors (Lipinski definition) is 6. The van der Waals surface area contributed by atoms with Gasteiger partial charge in [-0.2, -0.15) is 0 Å². The first-order valence-corrected chi connectivity index (χ1v) is 8.10. The second-order valence-electron chi connectivity index (χ2n) is 2.63. The molecule has 0 atom stereocenters. The zero-order valence-electron chi connectivity index (χ0n) is 10.7. The summed E-state index contributed by atoms with van der Waals surface area (Å²) in [5.41, 5.74) is 0. The first-order valence-electron chi connectivity index (χ1n) is 4.44. The van der Waals surface area contributed by atoms with Crippen LogP contribution in [0, 0.1) is 0 Å². The van der Waals surface area contributed by atoms with Crippen molar-refractivity contribution >= 4 is 32.0 Å². The van der Waals surface area contributed by atoms with Gasteiger partial charge in [-0.05, 0) is 18.6 Å². The Balaban J connectivity index is -0.000000282. The molecule has 18 heavy (non-hydrogen) atoms. The maximum Gasteiger partial charge on any atom is 1.00 e. The largest absolute Gasteiger partial charge is 1.00 e. The van der Waals surface area contributed by atoms with Crippen LogP contribution in [0.1, 0.15) is 13.3 Å². The molecule has 0 aliphatic carbocycles. The van der Waals surface area contributed by atoms with Gasteiger partial charge < -0.3 is 9.11 Å². The summed E-state index contributed by atoms with van der Waals surface area (Å²) in [5, 5.41) is 0. The fourth-order valence-corrected chi connectivity index (χ4v) is 2.82. The maximum atomic E-state index is 8.52. The summed E-state index contributed by atoms with van der Waals surface area (Å²) in [6.45, 7) is 2.21. The van der Waals surface area contributed by atoms with Crippen LogP contribution in [0.25, 0.3) is 0 Å². The summed E-state index contributed by atoms with van der Waals surface area (Å²) < 4.78 is 34.1.